The predicted molar refractivity (Wildman–Crippen MR) is 66.7 cm³/mol. The Bertz CT molecular complexity index is 361. The molecule has 0 aliphatic carbocycles. The Balaban J connectivity index is 2.22. The number of carbonyl (C=O) groups excluding carboxylic acids is 1. The normalized spacial score (nSPS) is 10.5. The molecule has 0 saturated carbocycles. The third-order valence-corrected chi connectivity index (χ3v) is 2.71. The fourth-order valence-corrected chi connectivity index (χ4v) is 1.47. The summed E-state index contributed by atoms with van der Waals surface area (Å²) in [4.78, 5) is 11.5. The van der Waals surface area contributed by atoms with Crippen LogP contribution in [0.1, 0.15) is 11.4 Å². The average molecular weight is 239 g/mol. The van der Waals surface area contributed by atoms with Crippen LogP contribution in [0, 0.1) is 6.92 Å². The topological polar surface area (TPSA) is 55.3 Å². The van der Waals surface area contributed by atoms with E-state index in [1.807, 2.05) is 26.1 Å². The number of nitrogens with one attached hydrogen (secondary N) is 2. The lowest BCUT2D eigenvalue weighted by molar-refractivity contribution is -0.120. The van der Waals surface area contributed by atoms with Crippen molar-refractivity contribution in [3.8, 4) is 0 Å². The molecule has 1 rings (SSSR count). The van der Waals surface area contributed by atoms with Crippen LogP contribution in [-0.2, 0) is 23.1 Å². The number of nitrogens with zero attached hydrogens (tertiary/aromatic N) is 1. The Hall–Kier alpha value is -1.33. The molecule has 0 bridgehead atoms. The first-order valence-corrected chi connectivity index (χ1v) is 5.72. The molecule has 1 aromatic rings. The molecule has 96 valence electrons. The molecule has 2 N–H and O–H groups in total. The van der Waals surface area contributed by atoms with Gasteiger partial charge in [0.15, 0.2) is 0 Å². The first-order chi connectivity index (χ1) is 8.15. The summed E-state index contributed by atoms with van der Waals surface area (Å²) in [6.45, 7) is 4.23. The van der Waals surface area contributed by atoms with Crippen LogP contribution < -0.4 is 10.6 Å². The van der Waals surface area contributed by atoms with Crippen molar-refractivity contribution in [3.05, 3.63) is 23.5 Å². The summed E-state index contributed by atoms with van der Waals surface area (Å²) in [5.41, 5.74) is 2.29. The van der Waals surface area contributed by atoms with E-state index in [1.54, 1.807) is 7.11 Å². The van der Waals surface area contributed by atoms with Crippen molar-refractivity contribution in [3.63, 3.8) is 0 Å². The molecule has 0 radical (unpaired) electrons. The lowest BCUT2D eigenvalue weighted by Gasteiger charge is -2.08. The van der Waals surface area contributed by atoms with Gasteiger partial charge < -0.3 is 19.9 Å². The molecular weight excluding hydrogens is 218 g/mol. The van der Waals surface area contributed by atoms with E-state index in [0.717, 1.165) is 5.69 Å². The van der Waals surface area contributed by atoms with E-state index in [2.05, 4.69) is 15.2 Å². The third kappa shape index (κ3) is 4.58. The molecule has 1 heterocycles. The molecule has 5 heteroatoms. The largest absolute Gasteiger partial charge is 0.383 e. The van der Waals surface area contributed by atoms with Gasteiger partial charge in [0, 0.05) is 32.1 Å². The maximum atomic E-state index is 11.5. The van der Waals surface area contributed by atoms with Gasteiger partial charge in [0.05, 0.1) is 19.7 Å². The van der Waals surface area contributed by atoms with Crippen molar-refractivity contribution in [1.82, 2.24) is 15.2 Å². The SMILES string of the molecule is COCCNCC(=O)NCc1ccc(C)n1C. The van der Waals surface area contributed by atoms with Crippen molar-refractivity contribution in [2.75, 3.05) is 26.8 Å². The zero-order chi connectivity index (χ0) is 12.7. The maximum absolute atomic E-state index is 11.5. The molecule has 17 heavy (non-hydrogen) atoms. The van der Waals surface area contributed by atoms with Gasteiger partial charge in [0.25, 0.3) is 0 Å². The van der Waals surface area contributed by atoms with E-state index in [-0.39, 0.29) is 5.91 Å². The molecule has 0 unspecified atom stereocenters. The highest BCUT2D eigenvalue weighted by molar-refractivity contribution is 5.77. The highest BCUT2D eigenvalue weighted by Gasteiger charge is 2.03. The van der Waals surface area contributed by atoms with Crippen LogP contribution in [-0.4, -0.2) is 37.3 Å². The summed E-state index contributed by atoms with van der Waals surface area (Å²) in [6, 6.07) is 4.06. The summed E-state index contributed by atoms with van der Waals surface area (Å²) in [5.74, 6) is -0.0000406. The van der Waals surface area contributed by atoms with E-state index in [0.29, 0.717) is 26.2 Å². The zero-order valence-corrected chi connectivity index (χ0v) is 10.7. The number of ether oxygens (including phenoxy) is 1. The lowest BCUT2D eigenvalue weighted by atomic mass is 10.4. The minimum atomic E-state index is -0.0000406. The summed E-state index contributed by atoms with van der Waals surface area (Å²) in [7, 11) is 3.63. The Morgan fingerprint density at radius 3 is 2.82 bits per heavy atom. The molecular formula is C12H21N3O2. The second-order valence-electron chi connectivity index (χ2n) is 3.97. The van der Waals surface area contributed by atoms with Crippen LogP contribution >= 0.6 is 0 Å². The summed E-state index contributed by atoms with van der Waals surface area (Å²) in [5, 5.41) is 5.87. The van der Waals surface area contributed by atoms with Crippen molar-refractivity contribution in [2.45, 2.75) is 13.5 Å². The van der Waals surface area contributed by atoms with Crippen LogP contribution in [0.2, 0.25) is 0 Å². The van der Waals surface area contributed by atoms with Gasteiger partial charge in [0.1, 0.15) is 0 Å². The summed E-state index contributed by atoms with van der Waals surface area (Å²) >= 11 is 0. The van der Waals surface area contributed by atoms with Gasteiger partial charge in [-0.25, -0.2) is 0 Å². The van der Waals surface area contributed by atoms with E-state index in [9.17, 15) is 4.79 Å². The smallest absolute Gasteiger partial charge is 0.234 e. The van der Waals surface area contributed by atoms with Gasteiger partial charge in [-0.3, -0.25) is 4.79 Å². The first-order valence-electron chi connectivity index (χ1n) is 5.72. The first kappa shape index (κ1) is 13.7. The minimum Gasteiger partial charge on any atom is -0.383 e. The molecule has 0 aromatic carbocycles. The van der Waals surface area contributed by atoms with Crippen LogP contribution in [0.5, 0.6) is 0 Å². The standard InChI is InChI=1S/C12H21N3O2/c1-10-4-5-11(15(10)2)8-14-12(16)9-13-6-7-17-3/h4-5,13H,6-9H2,1-3H3,(H,14,16). The molecule has 0 atom stereocenters. The third-order valence-electron chi connectivity index (χ3n) is 2.71. The minimum absolute atomic E-state index is 0.0000406. The second kappa shape index (κ2) is 7.09. The molecule has 0 aliphatic rings. The monoisotopic (exact) mass is 239 g/mol. The number of aryl methyl sites for hydroxylation is 1. The zero-order valence-electron chi connectivity index (χ0n) is 10.7. The molecule has 0 saturated heterocycles. The van der Waals surface area contributed by atoms with Gasteiger partial charge in [-0.1, -0.05) is 0 Å². The number of hydrogen-bond donors (Lipinski definition) is 2. The van der Waals surface area contributed by atoms with Crippen molar-refractivity contribution < 1.29 is 9.53 Å². The Kier molecular flexibility index (Phi) is 5.72. The van der Waals surface area contributed by atoms with Crippen LogP contribution in [0.4, 0.5) is 0 Å². The van der Waals surface area contributed by atoms with Crippen molar-refractivity contribution in [1.29, 1.82) is 0 Å². The van der Waals surface area contributed by atoms with E-state index in [4.69, 9.17) is 4.74 Å². The second-order valence-corrected chi connectivity index (χ2v) is 3.97. The number of aromatic nitrogens is 1. The number of amides is 1. The van der Waals surface area contributed by atoms with Gasteiger partial charge in [-0.15, -0.1) is 0 Å². The van der Waals surface area contributed by atoms with Crippen LogP contribution in [0.3, 0.4) is 0 Å². The number of hydrogen-bond acceptors (Lipinski definition) is 3. The number of methoxy groups -OCH3 is 1. The Morgan fingerprint density at radius 1 is 1.47 bits per heavy atom. The molecule has 5 nitrogen and oxygen atoms in total. The van der Waals surface area contributed by atoms with E-state index < -0.39 is 0 Å². The average Bonchev–Trinajstić information content (AvgIpc) is 2.63. The number of rotatable bonds is 7. The van der Waals surface area contributed by atoms with Gasteiger partial charge in [-0.05, 0) is 19.1 Å². The predicted octanol–water partition coefficient (Wildman–Crippen LogP) is 0.186. The highest BCUT2D eigenvalue weighted by Crippen LogP contribution is 2.04. The lowest BCUT2D eigenvalue weighted by Crippen LogP contribution is -2.35. The van der Waals surface area contributed by atoms with Gasteiger partial charge in [-0.2, -0.15) is 0 Å². The van der Waals surface area contributed by atoms with Crippen molar-refractivity contribution in [2.24, 2.45) is 7.05 Å². The maximum Gasteiger partial charge on any atom is 0.234 e. The van der Waals surface area contributed by atoms with Crippen molar-refractivity contribution >= 4 is 5.91 Å². The quantitative estimate of drug-likeness (QED) is 0.668. The van der Waals surface area contributed by atoms with Crippen LogP contribution in [0.15, 0.2) is 12.1 Å². The molecule has 0 fully saturated rings. The van der Waals surface area contributed by atoms with E-state index >= 15 is 0 Å². The summed E-state index contributed by atoms with van der Waals surface area (Å²) < 4.78 is 6.94. The highest BCUT2D eigenvalue weighted by atomic mass is 16.5. The van der Waals surface area contributed by atoms with Gasteiger partial charge in [0.2, 0.25) is 5.91 Å². The fourth-order valence-electron chi connectivity index (χ4n) is 1.47. The Labute approximate surface area is 102 Å². The summed E-state index contributed by atoms with van der Waals surface area (Å²) in [6.07, 6.45) is 0. The molecule has 0 spiro atoms. The van der Waals surface area contributed by atoms with Crippen LogP contribution in [0.25, 0.3) is 0 Å². The van der Waals surface area contributed by atoms with Gasteiger partial charge >= 0.3 is 0 Å². The molecule has 1 aromatic heterocycles. The molecule has 0 aliphatic heterocycles. The van der Waals surface area contributed by atoms with E-state index in [1.165, 1.54) is 5.69 Å². The number of carbonyl (C=O) groups is 1. The fraction of sp³-hybridized carbons (Fsp3) is 0.583. The molecule has 1 amide bonds. The Morgan fingerprint density at radius 2 is 2.24 bits per heavy atom.